The molecule has 1 aromatic heterocycles. The lowest BCUT2D eigenvalue weighted by Crippen LogP contribution is -2.31. The van der Waals surface area contributed by atoms with Crippen molar-refractivity contribution in [1.29, 1.82) is 0 Å². The molecule has 0 radical (unpaired) electrons. The van der Waals surface area contributed by atoms with Crippen molar-refractivity contribution in [1.82, 2.24) is 5.16 Å². The molecule has 3 N–H and O–H groups in total. The molecule has 126 valence electrons. The van der Waals surface area contributed by atoms with Gasteiger partial charge in [-0.25, -0.2) is 0 Å². The molecule has 23 heavy (non-hydrogen) atoms. The van der Waals surface area contributed by atoms with Gasteiger partial charge in [-0.15, -0.1) is 0 Å². The predicted molar refractivity (Wildman–Crippen MR) is 97.3 cm³/mol. The van der Waals surface area contributed by atoms with Crippen molar-refractivity contribution >= 4 is 22.9 Å². The SMILES string of the molecule is Cc1cc(Nc2cc(N)ccc2N(CC(C)C)CC(C)C)no1. The number of aryl methyl sites for hydroxylation is 1. The molecule has 2 rings (SSSR count). The molecule has 0 spiro atoms. The zero-order valence-electron chi connectivity index (χ0n) is 14.8. The summed E-state index contributed by atoms with van der Waals surface area (Å²) in [5.41, 5.74) is 8.81. The summed E-state index contributed by atoms with van der Waals surface area (Å²) >= 11 is 0. The highest BCUT2D eigenvalue weighted by Crippen LogP contribution is 2.32. The van der Waals surface area contributed by atoms with Gasteiger partial charge < -0.3 is 20.5 Å². The van der Waals surface area contributed by atoms with Crippen LogP contribution >= 0.6 is 0 Å². The van der Waals surface area contributed by atoms with E-state index in [1.54, 1.807) is 0 Å². The van der Waals surface area contributed by atoms with E-state index >= 15 is 0 Å². The Morgan fingerprint density at radius 3 is 2.30 bits per heavy atom. The number of hydrogen-bond acceptors (Lipinski definition) is 5. The van der Waals surface area contributed by atoms with Crippen LogP contribution in [0.4, 0.5) is 22.9 Å². The van der Waals surface area contributed by atoms with Gasteiger partial charge in [0.25, 0.3) is 0 Å². The van der Waals surface area contributed by atoms with E-state index in [2.05, 4.69) is 49.1 Å². The summed E-state index contributed by atoms with van der Waals surface area (Å²) in [7, 11) is 0. The Morgan fingerprint density at radius 1 is 1.13 bits per heavy atom. The van der Waals surface area contributed by atoms with E-state index in [-0.39, 0.29) is 0 Å². The standard InChI is InChI=1S/C18H28N4O/c1-12(2)10-22(11-13(3)4)17-7-6-15(19)9-16(17)20-18-8-14(5)23-21-18/h6-9,12-13H,10-11,19H2,1-5H3,(H,20,21). The number of nitrogens with two attached hydrogens (primary N) is 1. The highest BCUT2D eigenvalue weighted by Gasteiger charge is 2.15. The van der Waals surface area contributed by atoms with Crippen molar-refractivity contribution < 1.29 is 4.52 Å². The molecule has 0 saturated carbocycles. The van der Waals surface area contributed by atoms with Crippen LogP contribution < -0.4 is 16.0 Å². The van der Waals surface area contributed by atoms with Crippen LogP contribution in [-0.4, -0.2) is 18.2 Å². The molecule has 0 unspecified atom stereocenters. The molecule has 0 atom stereocenters. The van der Waals surface area contributed by atoms with Gasteiger partial charge in [0.1, 0.15) is 5.76 Å². The number of nitrogens with zero attached hydrogens (tertiary/aromatic N) is 2. The molecule has 1 heterocycles. The first-order valence-corrected chi connectivity index (χ1v) is 8.20. The number of anilines is 4. The molecule has 0 saturated heterocycles. The minimum Gasteiger partial charge on any atom is -0.399 e. The summed E-state index contributed by atoms with van der Waals surface area (Å²) in [6, 6.07) is 7.85. The van der Waals surface area contributed by atoms with Crippen LogP contribution in [0.3, 0.4) is 0 Å². The normalized spacial score (nSPS) is 11.3. The van der Waals surface area contributed by atoms with Crippen LogP contribution in [0.25, 0.3) is 0 Å². The average Bonchev–Trinajstić information content (AvgIpc) is 2.82. The first kappa shape index (κ1) is 17.2. The molecule has 0 fully saturated rings. The molecule has 5 heteroatoms. The first-order valence-electron chi connectivity index (χ1n) is 8.20. The van der Waals surface area contributed by atoms with Gasteiger partial charge in [0.2, 0.25) is 0 Å². The fourth-order valence-corrected chi connectivity index (χ4v) is 2.65. The molecule has 0 aliphatic heterocycles. The van der Waals surface area contributed by atoms with Crippen molar-refractivity contribution in [2.45, 2.75) is 34.6 Å². The third-order valence-electron chi connectivity index (χ3n) is 3.42. The number of nitrogen functional groups attached to an aromatic ring is 1. The predicted octanol–water partition coefficient (Wildman–Crippen LogP) is 4.43. The van der Waals surface area contributed by atoms with Crippen LogP contribution in [-0.2, 0) is 0 Å². The van der Waals surface area contributed by atoms with Crippen molar-refractivity contribution in [2.75, 3.05) is 29.0 Å². The number of rotatable bonds is 7. The van der Waals surface area contributed by atoms with E-state index < -0.39 is 0 Å². The van der Waals surface area contributed by atoms with Crippen molar-refractivity contribution in [3.63, 3.8) is 0 Å². The summed E-state index contributed by atoms with van der Waals surface area (Å²) in [6.07, 6.45) is 0. The van der Waals surface area contributed by atoms with E-state index in [4.69, 9.17) is 10.3 Å². The van der Waals surface area contributed by atoms with Gasteiger partial charge in [-0.05, 0) is 37.0 Å². The summed E-state index contributed by atoms with van der Waals surface area (Å²) < 4.78 is 5.14. The summed E-state index contributed by atoms with van der Waals surface area (Å²) in [4.78, 5) is 2.41. The lowest BCUT2D eigenvalue weighted by atomic mass is 10.1. The largest absolute Gasteiger partial charge is 0.399 e. The van der Waals surface area contributed by atoms with Crippen LogP contribution in [0, 0.1) is 18.8 Å². The molecule has 0 aliphatic carbocycles. The maximum atomic E-state index is 5.99. The van der Waals surface area contributed by atoms with E-state index in [9.17, 15) is 0 Å². The smallest absolute Gasteiger partial charge is 0.174 e. The summed E-state index contributed by atoms with van der Waals surface area (Å²) in [6.45, 7) is 12.8. The zero-order chi connectivity index (χ0) is 17.0. The van der Waals surface area contributed by atoms with Gasteiger partial charge >= 0.3 is 0 Å². The number of aromatic nitrogens is 1. The Labute approximate surface area is 138 Å². The second-order valence-corrected chi connectivity index (χ2v) is 6.92. The zero-order valence-corrected chi connectivity index (χ0v) is 14.8. The highest BCUT2D eigenvalue weighted by molar-refractivity contribution is 5.77. The molecule has 1 aromatic carbocycles. The number of benzene rings is 1. The lowest BCUT2D eigenvalue weighted by molar-refractivity contribution is 0.400. The maximum absolute atomic E-state index is 5.99. The first-order chi connectivity index (χ1) is 10.8. The van der Waals surface area contributed by atoms with Crippen LogP contribution in [0.15, 0.2) is 28.8 Å². The lowest BCUT2D eigenvalue weighted by Gasteiger charge is -2.30. The maximum Gasteiger partial charge on any atom is 0.174 e. The average molecular weight is 316 g/mol. The second-order valence-electron chi connectivity index (χ2n) is 6.92. The Bertz CT molecular complexity index is 624. The monoisotopic (exact) mass is 316 g/mol. The fourth-order valence-electron chi connectivity index (χ4n) is 2.65. The second kappa shape index (κ2) is 7.40. The summed E-state index contributed by atoms with van der Waals surface area (Å²) in [5.74, 6) is 2.63. The van der Waals surface area contributed by atoms with Gasteiger partial charge in [0.05, 0.1) is 11.4 Å². The molecule has 0 aliphatic rings. The van der Waals surface area contributed by atoms with Crippen molar-refractivity contribution in [3.8, 4) is 0 Å². The van der Waals surface area contributed by atoms with Gasteiger partial charge in [0.15, 0.2) is 5.82 Å². The molecule has 0 amide bonds. The van der Waals surface area contributed by atoms with Gasteiger partial charge in [-0.2, -0.15) is 0 Å². The molecule has 0 bridgehead atoms. The van der Waals surface area contributed by atoms with E-state index in [1.807, 2.05) is 25.1 Å². The Morgan fingerprint density at radius 2 is 1.78 bits per heavy atom. The Hall–Kier alpha value is -2.17. The van der Waals surface area contributed by atoms with Crippen molar-refractivity contribution in [2.24, 2.45) is 11.8 Å². The highest BCUT2D eigenvalue weighted by atomic mass is 16.5. The molecular formula is C18H28N4O. The minimum atomic E-state index is 0.577. The van der Waals surface area contributed by atoms with E-state index in [1.165, 1.54) is 0 Å². The number of nitrogens with one attached hydrogen (secondary N) is 1. The van der Waals surface area contributed by atoms with Crippen LogP contribution in [0.5, 0.6) is 0 Å². The topological polar surface area (TPSA) is 67.3 Å². The third-order valence-corrected chi connectivity index (χ3v) is 3.42. The van der Waals surface area contributed by atoms with Crippen molar-refractivity contribution in [3.05, 3.63) is 30.0 Å². The number of hydrogen-bond donors (Lipinski definition) is 2. The quantitative estimate of drug-likeness (QED) is 0.740. The van der Waals surface area contributed by atoms with E-state index in [0.717, 1.165) is 35.9 Å². The third kappa shape index (κ3) is 4.91. The molecule has 5 nitrogen and oxygen atoms in total. The fraction of sp³-hybridized carbons (Fsp3) is 0.500. The minimum absolute atomic E-state index is 0.577. The van der Waals surface area contributed by atoms with Gasteiger partial charge in [0, 0.05) is 24.8 Å². The van der Waals surface area contributed by atoms with Gasteiger partial charge in [-0.1, -0.05) is 32.9 Å². The van der Waals surface area contributed by atoms with E-state index in [0.29, 0.717) is 17.7 Å². The van der Waals surface area contributed by atoms with Crippen LogP contribution in [0.2, 0.25) is 0 Å². The summed E-state index contributed by atoms with van der Waals surface area (Å²) in [5, 5.41) is 7.35. The Balaban J connectivity index is 2.34. The molecular weight excluding hydrogens is 288 g/mol. The Kier molecular flexibility index (Phi) is 5.53. The molecule has 2 aromatic rings. The van der Waals surface area contributed by atoms with Gasteiger partial charge in [-0.3, -0.25) is 0 Å². The van der Waals surface area contributed by atoms with Crippen LogP contribution in [0.1, 0.15) is 33.5 Å².